The zero-order valence-electron chi connectivity index (χ0n) is 77.2. The molecular weight excluding hydrogens is 1980 g/mol. The van der Waals surface area contributed by atoms with Crippen LogP contribution in [0.4, 0.5) is 0 Å². The Labute approximate surface area is 814 Å². The van der Waals surface area contributed by atoms with Crippen molar-refractivity contribution in [1.82, 2.24) is 21.3 Å². The Morgan fingerprint density at radius 2 is 0.417 bits per heavy atom. The number of aliphatic hydroxyl groups excluding tert-OH is 33. The highest BCUT2D eigenvalue weighted by atomic mass is 16.8. The molecule has 12 fully saturated rings. The predicted molar refractivity (Wildman–Crippen MR) is 440 cm³/mol. The molecule has 0 saturated carbocycles. The maximum atomic E-state index is 13.5. The average Bonchev–Trinajstić information content (AvgIpc) is 0.757. The van der Waals surface area contributed by atoms with Gasteiger partial charge in [-0.2, -0.15) is 0 Å². The van der Waals surface area contributed by atoms with Gasteiger partial charge in [-0.05, 0) is 6.92 Å². The highest BCUT2D eigenvalue weighted by molar-refractivity contribution is 5.74. The zero-order valence-corrected chi connectivity index (χ0v) is 77.2. The molecule has 0 radical (unpaired) electrons. The van der Waals surface area contributed by atoms with Crippen molar-refractivity contribution in [3.8, 4) is 0 Å². The van der Waals surface area contributed by atoms with E-state index in [4.69, 9.17) is 109 Å². The SMILES string of the molecule is CC(=O)N[C@H]1[C@H](O[C@@H]2[C@@H](O[C@@H]3[C@@H](O)[C@H](O[C@H]4[C@H](O)[C@@H](NC(C)=O)[C@H](O[C@H]5[C@H](O)[C@@H](NC(C)=O)C(O)O[C@@H]5CO[C@@H]5O[C@@H](C)[C@@H](O)[C@@H](O)[C@@H]5O)O[C@@H]4CO)O[C@H](CO[C@H]4O[C@H](CO[C@H]5O[C@H](CO)[C@@H](O)[C@H](O)[C@@H]5O)[C@@H](O)[C@H](O[C@H]5O[C@H](CO)[C@@H](O)[C@H](O)[C@@H]5O)[C@@H]4O)[C@H]3O)O[C@H](CO)[C@@H](O[C@@H]3O[C@H](CO)[C@@H](O[C@@H]4O[C@H](CO)[C@H](O)[C@H](O)[C@H]4O)[C@H](O)[C@H]3NC(C)=O)[C@@H]2O)O[C@H](CO)[C@@H](O[C@@H]2O[C@H](CO)[C@H](O)[C@H](O)[C@H]2O)[C@@H]1O. The van der Waals surface area contributed by atoms with Crippen molar-refractivity contribution in [3.63, 3.8) is 0 Å². The van der Waals surface area contributed by atoms with Crippen molar-refractivity contribution in [2.45, 2.75) is 403 Å². The Morgan fingerprint density at radius 3 is 0.764 bits per heavy atom. The largest absolute Gasteiger partial charge is 0.394 e. The van der Waals surface area contributed by atoms with Crippen LogP contribution in [-0.2, 0) is 128 Å². The number of aliphatic hydroxyl groups is 33. The molecule has 0 aromatic carbocycles. The molecule has 64 nitrogen and oxygen atoms in total. The van der Waals surface area contributed by atoms with Gasteiger partial charge in [-0.25, -0.2) is 0 Å². The Morgan fingerprint density at radius 1 is 0.194 bits per heavy atom. The molecule has 37 N–H and O–H groups in total. The van der Waals surface area contributed by atoms with Crippen LogP contribution in [0, 0.1) is 0 Å². The molecule has 64 heteroatoms. The monoisotopic (exact) mass is 2110 g/mol. The molecule has 12 heterocycles. The minimum absolute atomic E-state index is 0.855. The normalized spacial score (nSPS) is 50.4. The first-order valence-corrected chi connectivity index (χ1v) is 46.0. The lowest BCUT2D eigenvalue weighted by atomic mass is 9.93. The van der Waals surface area contributed by atoms with Gasteiger partial charge in [0.1, 0.15) is 287 Å². The molecule has 60 atom stereocenters. The molecule has 0 bridgehead atoms. The van der Waals surface area contributed by atoms with E-state index in [0.29, 0.717) is 0 Å². The predicted octanol–water partition coefficient (Wildman–Crippen LogP) is -25.6. The van der Waals surface area contributed by atoms with Crippen LogP contribution in [-0.4, -0.2) is 633 Å². The first-order chi connectivity index (χ1) is 68.1. The third-order valence-corrected chi connectivity index (χ3v) is 26.6. The van der Waals surface area contributed by atoms with E-state index in [1.165, 1.54) is 6.92 Å². The maximum absolute atomic E-state index is 13.5. The quantitative estimate of drug-likeness (QED) is 0.0275. The lowest BCUT2D eigenvalue weighted by Crippen LogP contribution is -2.71. The summed E-state index contributed by atoms with van der Waals surface area (Å²) in [6.45, 7) is -7.98. The van der Waals surface area contributed by atoms with Crippen molar-refractivity contribution in [3.05, 3.63) is 0 Å². The summed E-state index contributed by atoms with van der Waals surface area (Å²) in [5, 5.41) is 381. The summed E-state index contributed by atoms with van der Waals surface area (Å²) in [5.41, 5.74) is 0. The van der Waals surface area contributed by atoms with Crippen LogP contribution in [0.5, 0.6) is 0 Å². The van der Waals surface area contributed by atoms with Gasteiger partial charge in [-0.15, -0.1) is 0 Å². The van der Waals surface area contributed by atoms with Crippen molar-refractivity contribution in [2.75, 3.05) is 72.7 Å². The van der Waals surface area contributed by atoms with Crippen molar-refractivity contribution < 1.29 is 297 Å². The molecule has 12 aliphatic heterocycles. The molecule has 4 amide bonds. The third-order valence-electron chi connectivity index (χ3n) is 26.6. The number of hydrogen-bond acceptors (Lipinski definition) is 60. The molecule has 12 saturated heterocycles. The Balaban J connectivity index is 0.930. The Hall–Kier alpha value is -4.36. The molecule has 1 unspecified atom stereocenters. The molecule has 0 spiro atoms. The summed E-state index contributed by atoms with van der Waals surface area (Å²) in [6.07, 6.45) is -122. The van der Waals surface area contributed by atoms with Crippen LogP contribution < -0.4 is 21.3 Å². The molecule has 0 aromatic rings. The van der Waals surface area contributed by atoms with E-state index in [-0.39, 0.29) is 0 Å². The first kappa shape index (κ1) is 118. The fraction of sp³-hybridized carbons (Fsp3) is 0.950. The van der Waals surface area contributed by atoms with Crippen molar-refractivity contribution in [1.29, 1.82) is 0 Å². The third kappa shape index (κ3) is 26.0. The van der Waals surface area contributed by atoms with E-state index in [1.54, 1.807) is 0 Å². The van der Waals surface area contributed by atoms with Gasteiger partial charge in [0.15, 0.2) is 75.5 Å². The van der Waals surface area contributed by atoms with Gasteiger partial charge in [0.25, 0.3) is 0 Å². The topological polar surface area (TPSA) is 996 Å². The number of rotatable bonds is 37. The van der Waals surface area contributed by atoms with Crippen LogP contribution in [0.1, 0.15) is 34.6 Å². The van der Waals surface area contributed by atoms with Gasteiger partial charge < -0.3 is 299 Å². The van der Waals surface area contributed by atoms with Crippen molar-refractivity contribution >= 4 is 23.6 Å². The van der Waals surface area contributed by atoms with Crippen LogP contribution >= 0.6 is 0 Å². The first-order valence-electron chi connectivity index (χ1n) is 46.0. The molecular formula is C80H134N4O60. The molecule has 834 valence electrons. The van der Waals surface area contributed by atoms with E-state index in [2.05, 4.69) is 21.3 Å². The second-order valence-electron chi connectivity index (χ2n) is 36.6. The number of hydrogen-bond donors (Lipinski definition) is 37. The van der Waals surface area contributed by atoms with E-state index in [1.807, 2.05) is 0 Å². The van der Waals surface area contributed by atoms with Gasteiger partial charge in [-0.3, -0.25) is 19.2 Å². The molecule has 0 aromatic heterocycles. The standard InChI is InChI=1S/C80H134N4O60/c1-17-37(97)48(108)53(113)73(125-17)124-16-32-65(44(104)33(69(121)126-32)81-18(2)93)138-71-35(83-20(4)95)46(106)63(28(12-91)132-71)141-79-60(120)67(43(103)31(136-79)15-123-75-59(119)66(142-78-57(117)52(112)41(101)25(9-88)130-78)42(102)30(135-75)14-122-74-54(114)49(109)38(98)22(6-85)127-74)143-80-68(144-72-36(84-21(5)96)47(107)62(27(11-90)133-72)140-77-56(116)51(111)40(100)24(8-87)129-77)58(118)64(29(13-92)134-80)137-70-34(82-19(3)94)45(105)61(26(10-89)131-70)139-76-55(115)50(110)39(99)23(7-86)128-76/h17,22-80,85-92,97-121H,6-16H2,1-5H3,(H,81,93)(H,82,94)(H,83,95)(H,84,96)/t17-,22+,23+,24+,25+,26+,27+,28+,29+,30+,31+,32+,33+,34+,35+,36+,37+,38+,39-,40-,41+,42+,43+,44+,45+,46+,47+,48+,49-,50-,51-,52-,53-,54-,55+,56+,57-,58-,59-,60+,61+,62+,63+,64+,65+,66-,67-,68-,69?,70-,71-,72-,73+,74-,75-,76-,77-,78+,79-,80+/m0/s1. The van der Waals surface area contributed by atoms with Gasteiger partial charge in [-0.1, -0.05) is 0 Å². The minimum Gasteiger partial charge on any atom is -0.394 e. The van der Waals surface area contributed by atoms with E-state index >= 15 is 0 Å². The minimum atomic E-state index is -2.81. The summed E-state index contributed by atoms with van der Waals surface area (Å²) in [6, 6.07) is -8.19. The fourth-order valence-electron chi connectivity index (χ4n) is 18.7. The summed E-state index contributed by atoms with van der Waals surface area (Å²) in [7, 11) is 0. The van der Waals surface area contributed by atoms with E-state index in [9.17, 15) is 188 Å². The number of carbonyl (C=O) groups is 4. The van der Waals surface area contributed by atoms with Crippen LogP contribution in [0.25, 0.3) is 0 Å². The van der Waals surface area contributed by atoms with Gasteiger partial charge in [0, 0.05) is 27.7 Å². The summed E-state index contributed by atoms with van der Waals surface area (Å²) in [4.78, 5) is 52.8. The lowest BCUT2D eigenvalue weighted by Gasteiger charge is -2.52. The smallest absolute Gasteiger partial charge is 0.217 e. The summed E-state index contributed by atoms with van der Waals surface area (Å²) < 4.78 is 138. The van der Waals surface area contributed by atoms with Gasteiger partial charge in [0.2, 0.25) is 23.6 Å². The van der Waals surface area contributed by atoms with Crippen LogP contribution in [0.15, 0.2) is 0 Å². The molecule has 144 heavy (non-hydrogen) atoms. The molecule has 12 rings (SSSR count). The molecule has 0 aliphatic carbocycles. The van der Waals surface area contributed by atoms with Gasteiger partial charge >= 0.3 is 0 Å². The lowest BCUT2D eigenvalue weighted by molar-refractivity contribution is -0.406. The summed E-state index contributed by atoms with van der Waals surface area (Å²) >= 11 is 0. The van der Waals surface area contributed by atoms with Gasteiger partial charge in [0.05, 0.1) is 78.8 Å². The highest BCUT2D eigenvalue weighted by Gasteiger charge is 2.64. The van der Waals surface area contributed by atoms with Crippen molar-refractivity contribution in [2.24, 2.45) is 0 Å². The zero-order chi connectivity index (χ0) is 106. The second-order valence-corrected chi connectivity index (χ2v) is 36.6. The average molecular weight is 2110 g/mol. The van der Waals surface area contributed by atoms with E-state index < -0.39 is 465 Å². The number of carbonyl (C=O) groups excluding carboxylic acids is 4. The number of nitrogens with one attached hydrogen (secondary N) is 4. The van der Waals surface area contributed by atoms with Crippen LogP contribution in [0.3, 0.4) is 0 Å². The second kappa shape index (κ2) is 51.6. The Bertz CT molecular complexity index is 3970. The highest BCUT2D eigenvalue weighted by Crippen LogP contribution is 2.43. The number of ether oxygens (including phenoxy) is 23. The number of amides is 4. The molecule has 12 aliphatic rings. The fourth-order valence-corrected chi connectivity index (χ4v) is 18.7. The Kier molecular flexibility index (Phi) is 42.4. The van der Waals surface area contributed by atoms with Crippen LogP contribution in [0.2, 0.25) is 0 Å². The maximum Gasteiger partial charge on any atom is 0.217 e. The summed E-state index contributed by atoms with van der Waals surface area (Å²) in [5.74, 6) is -4.06. The van der Waals surface area contributed by atoms with E-state index in [0.717, 1.165) is 27.7 Å².